The maximum absolute atomic E-state index is 12.7. The van der Waals surface area contributed by atoms with Crippen molar-refractivity contribution in [1.82, 2.24) is 10.1 Å². The number of rotatable bonds is 8. The van der Waals surface area contributed by atoms with Crippen LogP contribution in [0.3, 0.4) is 0 Å². The molecule has 1 aliphatic heterocycles. The molecule has 1 saturated heterocycles. The van der Waals surface area contributed by atoms with E-state index in [1.165, 1.54) is 23.8 Å². The number of likely N-dealkylation sites (tertiary alicyclic amines) is 1. The molecule has 1 aliphatic rings. The molecule has 7 nitrogen and oxygen atoms in total. The fourth-order valence-electron chi connectivity index (χ4n) is 3.30. The monoisotopic (exact) mass is 383 g/mol. The molecule has 2 aromatic rings. The lowest BCUT2D eigenvalue weighted by Gasteiger charge is -2.22. The predicted octanol–water partition coefficient (Wildman–Crippen LogP) is 1.14. The van der Waals surface area contributed by atoms with Gasteiger partial charge in [-0.1, -0.05) is 35.5 Å². The van der Waals surface area contributed by atoms with Gasteiger partial charge in [-0.05, 0) is 18.6 Å². The molecule has 148 valence electrons. The van der Waals surface area contributed by atoms with E-state index in [2.05, 4.69) is 10.5 Å². The average molecular weight is 383 g/mol. The zero-order valence-electron chi connectivity index (χ0n) is 16.2. The minimum absolute atomic E-state index is 0.0167. The van der Waals surface area contributed by atoms with Gasteiger partial charge >= 0.3 is 0 Å². The van der Waals surface area contributed by atoms with Crippen LogP contribution in [0.4, 0.5) is 5.82 Å². The molecule has 7 heteroatoms. The highest BCUT2D eigenvalue weighted by molar-refractivity contribution is 5.97. The van der Waals surface area contributed by atoms with Gasteiger partial charge in [0.05, 0.1) is 26.2 Å². The highest BCUT2D eigenvalue weighted by atomic mass is 16.5. The molecule has 1 aromatic heterocycles. The van der Waals surface area contributed by atoms with Crippen LogP contribution in [0.5, 0.6) is 0 Å². The fourth-order valence-corrected chi connectivity index (χ4v) is 3.30. The van der Waals surface area contributed by atoms with Gasteiger partial charge in [-0.2, -0.15) is 0 Å². The number of carbonyl (C=O) groups is 2. The Labute approximate surface area is 165 Å². The number of amides is 2. The van der Waals surface area contributed by atoms with Crippen LogP contribution in [-0.4, -0.2) is 54.6 Å². The molecule has 0 unspecified atom stereocenters. The third-order valence-electron chi connectivity index (χ3n) is 4.81. The van der Waals surface area contributed by atoms with E-state index in [0.29, 0.717) is 18.1 Å². The largest absolute Gasteiger partial charge is 0.360 e. The number of quaternary nitrogens is 1. The number of nitrogens with one attached hydrogen (secondary N) is 2. The van der Waals surface area contributed by atoms with E-state index in [4.69, 9.17) is 4.52 Å². The summed E-state index contributed by atoms with van der Waals surface area (Å²) in [6.07, 6.45) is 5.76. The predicted molar refractivity (Wildman–Crippen MR) is 107 cm³/mol. The summed E-state index contributed by atoms with van der Waals surface area (Å²) in [4.78, 5) is 28.2. The molecule has 3 rings (SSSR count). The SMILES string of the molecule is Cc1cc(NC(=O)CN(CC[NH+]2CCCC2)C(=O)/C=C/c2ccccc2)no1. The van der Waals surface area contributed by atoms with E-state index in [9.17, 15) is 9.59 Å². The summed E-state index contributed by atoms with van der Waals surface area (Å²) in [5.74, 6) is 0.520. The number of carbonyl (C=O) groups excluding carboxylic acids is 2. The van der Waals surface area contributed by atoms with Crippen LogP contribution in [0.15, 0.2) is 47.0 Å². The van der Waals surface area contributed by atoms with E-state index in [-0.39, 0.29) is 18.4 Å². The molecule has 0 aliphatic carbocycles. The van der Waals surface area contributed by atoms with Crippen LogP contribution in [0.25, 0.3) is 6.08 Å². The topological polar surface area (TPSA) is 79.9 Å². The number of aromatic nitrogens is 1. The summed E-state index contributed by atoms with van der Waals surface area (Å²) in [7, 11) is 0. The second kappa shape index (κ2) is 9.85. The van der Waals surface area contributed by atoms with E-state index in [1.54, 1.807) is 24.0 Å². The minimum Gasteiger partial charge on any atom is -0.360 e. The van der Waals surface area contributed by atoms with Crippen LogP contribution in [-0.2, 0) is 9.59 Å². The van der Waals surface area contributed by atoms with Crippen molar-refractivity contribution in [3.8, 4) is 0 Å². The Morgan fingerprint density at radius 3 is 2.68 bits per heavy atom. The number of nitrogens with zero attached hydrogens (tertiary/aromatic N) is 2. The molecule has 2 N–H and O–H groups in total. The van der Waals surface area contributed by atoms with Gasteiger partial charge in [-0.15, -0.1) is 0 Å². The number of hydrogen-bond donors (Lipinski definition) is 2. The van der Waals surface area contributed by atoms with Gasteiger partial charge in [-0.25, -0.2) is 0 Å². The van der Waals surface area contributed by atoms with Crippen molar-refractivity contribution in [1.29, 1.82) is 0 Å². The number of hydrogen-bond acceptors (Lipinski definition) is 4. The molecular weight excluding hydrogens is 356 g/mol. The lowest BCUT2D eigenvalue weighted by Crippen LogP contribution is -3.10. The summed E-state index contributed by atoms with van der Waals surface area (Å²) in [6, 6.07) is 11.3. The fraction of sp³-hybridized carbons (Fsp3) is 0.381. The van der Waals surface area contributed by atoms with E-state index < -0.39 is 0 Å². The molecule has 1 fully saturated rings. The highest BCUT2D eigenvalue weighted by Crippen LogP contribution is 2.07. The second-order valence-electron chi connectivity index (χ2n) is 7.08. The first-order valence-electron chi connectivity index (χ1n) is 9.69. The first-order chi connectivity index (χ1) is 13.6. The van der Waals surface area contributed by atoms with Gasteiger partial charge in [0.2, 0.25) is 11.8 Å². The maximum atomic E-state index is 12.7. The highest BCUT2D eigenvalue weighted by Gasteiger charge is 2.20. The van der Waals surface area contributed by atoms with Gasteiger partial charge in [0, 0.05) is 25.0 Å². The molecule has 2 heterocycles. The molecule has 1 aromatic carbocycles. The molecule has 0 bridgehead atoms. The molecule has 0 spiro atoms. The smallest absolute Gasteiger partial charge is 0.247 e. The van der Waals surface area contributed by atoms with Crippen molar-refractivity contribution in [3.63, 3.8) is 0 Å². The average Bonchev–Trinajstić information content (AvgIpc) is 3.35. The molecule has 28 heavy (non-hydrogen) atoms. The maximum Gasteiger partial charge on any atom is 0.247 e. The molecule has 0 atom stereocenters. The quantitative estimate of drug-likeness (QED) is 0.670. The van der Waals surface area contributed by atoms with Crippen LogP contribution >= 0.6 is 0 Å². The Hall–Kier alpha value is -2.93. The van der Waals surface area contributed by atoms with Gasteiger partial charge in [0.15, 0.2) is 5.82 Å². The summed E-state index contributed by atoms with van der Waals surface area (Å²) >= 11 is 0. The molecule has 2 amide bonds. The van der Waals surface area contributed by atoms with Crippen LogP contribution in [0, 0.1) is 6.92 Å². The van der Waals surface area contributed by atoms with Crippen molar-refractivity contribution in [2.75, 3.05) is 38.0 Å². The third kappa shape index (κ3) is 6.06. The summed E-state index contributed by atoms with van der Waals surface area (Å²) in [5.41, 5.74) is 0.948. The number of benzene rings is 1. The first kappa shape index (κ1) is 19.8. The van der Waals surface area contributed by atoms with Crippen LogP contribution in [0.1, 0.15) is 24.2 Å². The van der Waals surface area contributed by atoms with Crippen molar-refractivity contribution in [2.45, 2.75) is 19.8 Å². The Balaban J connectivity index is 1.61. The van der Waals surface area contributed by atoms with Crippen molar-refractivity contribution < 1.29 is 19.0 Å². The Morgan fingerprint density at radius 2 is 2.00 bits per heavy atom. The molecule has 0 radical (unpaired) electrons. The zero-order valence-corrected chi connectivity index (χ0v) is 16.2. The summed E-state index contributed by atoms with van der Waals surface area (Å²) in [6.45, 7) is 5.39. The second-order valence-corrected chi connectivity index (χ2v) is 7.08. The van der Waals surface area contributed by atoms with Crippen molar-refractivity contribution >= 4 is 23.7 Å². The Morgan fingerprint density at radius 1 is 1.25 bits per heavy atom. The van der Waals surface area contributed by atoms with Crippen LogP contribution < -0.4 is 10.2 Å². The van der Waals surface area contributed by atoms with E-state index >= 15 is 0 Å². The summed E-state index contributed by atoms with van der Waals surface area (Å²) in [5, 5.41) is 6.45. The first-order valence-corrected chi connectivity index (χ1v) is 9.69. The number of anilines is 1. The van der Waals surface area contributed by atoms with Gasteiger partial charge in [0.25, 0.3) is 0 Å². The standard InChI is InChI=1S/C21H26N4O3/c1-17-15-19(23-28-17)22-20(26)16-25(14-13-24-11-5-6-12-24)21(27)10-9-18-7-3-2-4-8-18/h2-4,7-10,15H,5-6,11-14,16H2,1H3,(H,22,23,26)/p+1/b10-9+. The van der Waals surface area contributed by atoms with Gasteiger partial charge in [0.1, 0.15) is 12.3 Å². The Kier molecular flexibility index (Phi) is 6.97. The minimum atomic E-state index is -0.286. The van der Waals surface area contributed by atoms with Gasteiger partial charge < -0.3 is 19.6 Å². The summed E-state index contributed by atoms with van der Waals surface area (Å²) < 4.78 is 4.96. The van der Waals surface area contributed by atoms with Crippen molar-refractivity contribution in [2.24, 2.45) is 0 Å². The Bertz CT molecular complexity index is 810. The van der Waals surface area contributed by atoms with E-state index in [0.717, 1.165) is 25.2 Å². The normalized spacial score (nSPS) is 14.5. The zero-order chi connectivity index (χ0) is 19.8. The molecular formula is C21H27N4O3+. The lowest BCUT2D eigenvalue weighted by molar-refractivity contribution is -0.886. The lowest BCUT2D eigenvalue weighted by atomic mass is 10.2. The molecule has 0 saturated carbocycles. The number of aryl methyl sites for hydroxylation is 1. The van der Waals surface area contributed by atoms with E-state index in [1.807, 2.05) is 30.3 Å². The van der Waals surface area contributed by atoms with Crippen molar-refractivity contribution in [3.05, 3.63) is 53.8 Å². The third-order valence-corrected chi connectivity index (χ3v) is 4.81. The van der Waals surface area contributed by atoms with Gasteiger partial charge in [-0.3, -0.25) is 9.59 Å². The van der Waals surface area contributed by atoms with Crippen LogP contribution in [0.2, 0.25) is 0 Å².